The molecule has 0 radical (unpaired) electrons. The van der Waals surface area contributed by atoms with Crippen LogP contribution in [-0.2, 0) is 9.16 Å². The quantitative estimate of drug-likeness (QED) is 0.610. The van der Waals surface area contributed by atoms with E-state index >= 15 is 0 Å². The summed E-state index contributed by atoms with van der Waals surface area (Å²) in [5, 5.41) is 9.89. The number of aliphatic hydroxyl groups is 1. The van der Waals surface area contributed by atoms with E-state index in [0.717, 1.165) is 0 Å². The van der Waals surface area contributed by atoms with Gasteiger partial charge in [-0.15, -0.1) is 6.42 Å². The first-order valence-electron chi connectivity index (χ1n) is 8.63. The summed E-state index contributed by atoms with van der Waals surface area (Å²) in [7, 11) is -2.19. The van der Waals surface area contributed by atoms with Crippen LogP contribution >= 0.6 is 0 Å². The summed E-state index contributed by atoms with van der Waals surface area (Å²) in [6.45, 7) is 11.7. The molecule has 2 N–H and O–H groups in total. The fourth-order valence-corrected chi connectivity index (χ4v) is 4.05. The Labute approximate surface area is 154 Å². The lowest BCUT2D eigenvalue weighted by molar-refractivity contribution is -0.0888. The predicted molar refractivity (Wildman–Crippen MR) is 102 cm³/mol. The molecule has 7 nitrogen and oxygen atoms in total. The molecular formula is C18H28N2O5Si. The van der Waals surface area contributed by atoms with E-state index in [-0.39, 0.29) is 5.04 Å². The van der Waals surface area contributed by atoms with E-state index in [1.807, 2.05) is 0 Å². The second-order valence-electron chi connectivity index (χ2n) is 8.35. The zero-order chi connectivity index (χ0) is 19.9. The minimum absolute atomic E-state index is 0.0493. The number of aromatic nitrogens is 2. The number of aromatic amines is 1. The van der Waals surface area contributed by atoms with Crippen molar-refractivity contribution in [2.24, 2.45) is 0 Å². The first kappa shape index (κ1) is 20.6. The van der Waals surface area contributed by atoms with Gasteiger partial charge in [-0.05, 0) is 25.1 Å². The lowest BCUT2D eigenvalue weighted by Crippen LogP contribution is -2.51. The molecule has 3 atom stereocenters. The maximum atomic E-state index is 12.2. The van der Waals surface area contributed by atoms with Crippen molar-refractivity contribution in [3.63, 3.8) is 0 Å². The molecule has 0 bridgehead atoms. The van der Waals surface area contributed by atoms with Crippen LogP contribution < -0.4 is 11.2 Å². The lowest BCUT2D eigenvalue weighted by Gasteiger charge is -2.41. The Kier molecular flexibility index (Phi) is 5.41. The third-order valence-corrected chi connectivity index (χ3v) is 9.95. The second-order valence-corrected chi connectivity index (χ2v) is 13.1. The van der Waals surface area contributed by atoms with Gasteiger partial charge in [0.25, 0.3) is 5.56 Å². The highest BCUT2D eigenvalue weighted by Gasteiger charge is 2.52. The Hall–Kier alpha value is -1.66. The van der Waals surface area contributed by atoms with Gasteiger partial charge in [-0.2, -0.15) is 0 Å². The molecule has 1 fully saturated rings. The SMILES string of the molecule is C#C[C@@]1(CO)O[C@@H](n2cc(C)c(=O)[nH]c2=O)C[C@H]1O[Si](C)(C)C(C)(C)C. The van der Waals surface area contributed by atoms with Crippen molar-refractivity contribution in [3.05, 3.63) is 32.6 Å². The van der Waals surface area contributed by atoms with Gasteiger partial charge in [0, 0.05) is 18.2 Å². The topological polar surface area (TPSA) is 93.5 Å². The molecule has 1 aromatic rings. The summed E-state index contributed by atoms with van der Waals surface area (Å²) >= 11 is 0. The maximum Gasteiger partial charge on any atom is 0.330 e. The fourth-order valence-electron chi connectivity index (χ4n) is 2.70. The number of hydrogen-bond acceptors (Lipinski definition) is 5. The number of aryl methyl sites for hydroxylation is 1. The van der Waals surface area contributed by atoms with Gasteiger partial charge in [-0.25, -0.2) is 4.79 Å². The van der Waals surface area contributed by atoms with Crippen molar-refractivity contribution in [2.45, 2.75) is 70.2 Å². The number of hydrogen-bond donors (Lipinski definition) is 2. The number of rotatable bonds is 4. The van der Waals surface area contributed by atoms with Crippen LogP contribution in [0, 0.1) is 19.3 Å². The molecule has 26 heavy (non-hydrogen) atoms. The normalized spacial score (nSPS) is 26.7. The van der Waals surface area contributed by atoms with E-state index in [1.165, 1.54) is 10.8 Å². The minimum atomic E-state index is -2.19. The Morgan fingerprint density at radius 1 is 1.50 bits per heavy atom. The van der Waals surface area contributed by atoms with E-state index in [9.17, 15) is 14.7 Å². The van der Waals surface area contributed by atoms with Gasteiger partial charge in [0.1, 0.15) is 6.23 Å². The molecule has 144 valence electrons. The molecule has 8 heteroatoms. The van der Waals surface area contributed by atoms with Crippen molar-refractivity contribution in [2.75, 3.05) is 6.61 Å². The summed E-state index contributed by atoms with van der Waals surface area (Å²) in [5.41, 5.74) is -1.97. The van der Waals surface area contributed by atoms with Gasteiger partial charge in [0.05, 0.1) is 12.7 Å². The number of nitrogens with one attached hydrogen (secondary N) is 1. The van der Waals surface area contributed by atoms with Crippen LogP contribution in [0.4, 0.5) is 0 Å². The number of ether oxygens (including phenoxy) is 1. The first-order chi connectivity index (χ1) is 11.9. The Bertz CT molecular complexity index is 830. The Balaban J connectivity index is 2.42. The first-order valence-corrected chi connectivity index (χ1v) is 11.5. The van der Waals surface area contributed by atoms with Crippen LogP contribution in [0.25, 0.3) is 0 Å². The second kappa shape index (κ2) is 6.81. The number of nitrogens with zero attached hydrogens (tertiary/aromatic N) is 1. The summed E-state index contributed by atoms with van der Waals surface area (Å²) in [4.78, 5) is 26.1. The van der Waals surface area contributed by atoms with Crippen molar-refractivity contribution in [1.29, 1.82) is 0 Å². The molecule has 0 spiro atoms. The highest BCUT2D eigenvalue weighted by molar-refractivity contribution is 6.74. The highest BCUT2D eigenvalue weighted by Crippen LogP contribution is 2.44. The van der Waals surface area contributed by atoms with Gasteiger partial charge in [0.15, 0.2) is 13.9 Å². The molecule has 0 amide bonds. The predicted octanol–water partition coefficient (Wildman–Crippen LogP) is 1.52. The smallest absolute Gasteiger partial charge is 0.330 e. The molecule has 2 heterocycles. The van der Waals surface area contributed by atoms with Crippen LogP contribution in [0.15, 0.2) is 15.8 Å². The standard InChI is InChI=1S/C18H28N2O5Si/c1-8-18(11-21)13(25-26(6,7)17(3,4)5)9-14(24-18)20-10-12(2)15(22)19-16(20)23/h1,10,13-14,21H,9,11H2,2-7H3,(H,19,22,23)/t13-,14-,18+/m1/s1. The van der Waals surface area contributed by atoms with Gasteiger partial charge in [-0.3, -0.25) is 14.3 Å². The van der Waals surface area contributed by atoms with Gasteiger partial charge >= 0.3 is 5.69 Å². The summed E-state index contributed by atoms with van der Waals surface area (Å²) in [5.74, 6) is 2.53. The van der Waals surface area contributed by atoms with Gasteiger partial charge in [0.2, 0.25) is 0 Å². The average molecular weight is 381 g/mol. The average Bonchev–Trinajstić information content (AvgIpc) is 2.88. The lowest BCUT2D eigenvalue weighted by atomic mass is 9.99. The number of aliphatic hydroxyl groups excluding tert-OH is 1. The van der Waals surface area contributed by atoms with E-state index < -0.39 is 44.1 Å². The third kappa shape index (κ3) is 3.57. The molecule has 1 aromatic heterocycles. The Morgan fingerprint density at radius 2 is 2.12 bits per heavy atom. The Morgan fingerprint density at radius 3 is 2.62 bits per heavy atom. The van der Waals surface area contributed by atoms with E-state index in [1.54, 1.807) is 6.92 Å². The largest absolute Gasteiger partial charge is 0.410 e. The summed E-state index contributed by atoms with van der Waals surface area (Å²) < 4.78 is 13.7. The van der Waals surface area contributed by atoms with Crippen molar-refractivity contribution in [3.8, 4) is 12.3 Å². The van der Waals surface area contributed by atoms with Gasteiger partial charge < -0.3 is 14.3 Å². The highest BCUT2D eigenvalue weighted by atomic mass is 28.4. The molecule has 0 unspecified atom stereocenters. The third-order valence-electron chi connectivity index (χ3n) is 5.46. The zero-order valence-corrected chi connectivity index (χ0v) is 17.3. The molecule has 0 saturated carbocycles. The molecule has 1 saturated heterocycles. The zero-order valence-electron chi connectivity index (χ0n) is 16.3. The minimum Gasteiger partial charge on any atom is -0.410 e. The van der Waals surface area contributed by atoms with E-state index in [4.69, 9.17) is 15.6 Å². The molecule has 1 aliphatic rings. The van der Waals surface area contributed by atoms with E-state index in [0.29, 0.717) is 12.0 Å². The van der Waals surface area contributed by atoms with Crippen molar-refractivity contribution < 1.29 is 14.3 Å². The van der Waals surface area contributed by atoms with Crippen LogP contribution in [-0.4, -0.2) is 41.3 Å². The van der Waals surface area contributed by atoms with Crippen LogP contribution in [0.2, 0.25) is 18.1 Å². The maximum absolute atomic E-state index is 12.2. The van der Waals surface area contributed by atoms with Crippen LogP contribution in [0.1, 0.15) is 39.0 Å². The molecule has 1 aliphatic heterocycles. The van der Waals surface area contributed by atoms with Crippen LogP contribution in [0.5, 0.6) is 0 Å². The fraction of sp³-hybridized carbons (Fsp3) is 0.667. The summed E-state index contributed by atoms with van der Waals surface area (Å²) in [6.07, 6.45) is 6.16. The molecule has 2 rings (SSSR count). The van der Waals surface area contributed by atoms with Crippen molar-refractivity contribution >= 4 is 8.32 Å². The molecule has 0 aromatic carbocycles. The van der Waals surface area contributed by atoms with E-state index in [2.05, 4.69) is 44.8 Å². The summed E-state index contributed by atoms with van der Waals surface area (Å²) in [6, 6.07) is 0. The molecular weight excluding hydrogens is 352 g/mol. The van der Waals surface area contributed by atoms with Gasteiger partial charge in [-0.1, -0.05) is 26.7 Å². The van der Waals surface area contributed by atoms with Crippen molar-refractivity contribution in [1.82, 2.24) is 9.55 Å². The number of H-pyrrole nitrogens is 1. The molecule has 0 aliphatic carbocycles. The monoisotopic (exact) mass is 380 g/mol. The van der Waals surface area contributed by atoms with Crippen LogP contribution in [0.3, 0.4) is 0 Å². The number of terminal acetylenes is 1.